The molecule has 7 nitrogen and oxygen atoms in total. The maximum absolute atomic E-state index is 11.5. The van der Waals surface area contributed by atoms with Crippen molar-refractivity contribution in [2.24, 2.45) is 11.7 Å². The lowest BCUT2D eigenvalue weighted by Crippen LogP contribution is -2.49. The Hall–Kier alpha value is -1.79. The average molecular weight is 259 g/mol. The van der Waals surface area contributed by atoms with E-state index in [1.54, 1.807) is 0 Å². The molecule has 1 unspecified atom stereocenters. The second-order valence-electron chi connectivity index (χ2n) is 4.71. The highest BCUT2D eigenvalue weighted by molar-refractivity contribution is 5.87. The first-order valence-corrected chi connectivity index (χ1v) is 5.80. The van der Waals surface area contributed by atoms with Crippen LogP contribution in [0.4, 0.5) is 4.79 Å². The lowest BCUT2D eigenvalue weighted by atomic mass is 10.1. The summed E-state index contributed by atoms with van der Waals surface area (Å²) < 4.78 is 0. The van der Waals surface area contributed by atoms with Crippen LogP contribution < -0.4 is 16.4 Å². The molecule has 0 saturated carbocycles. The minimum atomic E-state index is -1.30. The Bertz CT molecular complexity index is 317. The number of carboxylic acid groups (broad SMARTS) is 1. The smallest absolute Gasteiger partial charge is 0.326 e. The van der Waals surface area contributed by atoms with Gasteiger partial charge in [0.1, 0.15) is 6.04 Å². The standard InChI is InChI=1S/C11H21N3O4/c1-6(2)4-7(3)13-11(18)14-8(10(16)17)5-9(12)15/h6-8H,4-5H2,1-3H3,(H2,12,15)(H,16,17)(H2,13,14,18)/t7?,8-/m0/s1. The topological polar surface area (TPSA) is 122 Å². The Kier molecular flexibility index (Phi) is 6.77. The molecule has 2 atom stereocenters. The quantitative estimate of drug-likeness (QED) is 0.516. The Balaban J connectivity index is 4.25. The van der Waals surface area contributed by atoms with Crippen LogP contribution in [0.1, 0.15) is 33.6 Å². The second-order valence-corrected chi connectivity index (χ2v) is 4.71. The number of rotatable bonds is 7. The number of hydrogen-bond acceptors (Lipinski definition) is 3. The van der Waals surface area contributed by atoms with Crippen molar-refractivity contribution in [1.29, 1.82) is 0 Å². The van der Waals surface area contributed by atoms with Crippen molar-refractivity contribution in [3.63, 3.8) is 0 Å². The molecular formula is C11H21N3O4. The van der Waals surface area contributed by atoms with Gasteiger partial charge in [-0.15, -0.1) is 0 Å². The number of hydrogen-bond donors (Lipinski definition) is 4. The number of aliphatic carboxylic acids is 1. The number of amides is 3. The van der Waals surface area contributed by atoms with Crippen molar-refractivity contribution >= 4 is 17.9 Å². The molecule has 0 spiro atoms. The lowest BCUT2D eigenvalue weighted by Gasteiger charge is -2.18. The molecule has 7 heteroatoms. The molecule has 18 heavy (non-hydrogen) atoms. The predicted molar refractivity (Wildman–Crippen MR) is 65.8 cm³/mol. The van der Waals surface area contributed by atoms with E-state index in [4.69, 9.17) is 10.8 Å². The summed E-state index contributed by atoms with van der Waals surface area (Å²) in [6.07, 6.45) is 0.349. The highest BCUT2D eigenvalue weighted by atomic mass is 16.4. The van der Waals surface area contributed by atoms with E-state index in [-0.39, 0.29) is 6.04 Å². The highest BCUT2D eigenvalue weighted by Gasteiger charge is 2.22. The minimum absolute atomic E-state index is 0.0759. The molecule has 0 aliphatic carbocycles. The van der Waals surface area contributed by atoms with Gasteiger partial charge in [0.2, 0.25) is 5.91 Å². The van der Waals surface area contributed by atoms with Gasteiger partial charge >= 0.3 is 12.0 Å². The van der Waals surface area contributed by atoms with E-state index in [1.807, 2.05) is 20.8 Å². The number of carbonyl (C=O) groups is 3. The van der Waals surface area contributed by atoms with Crippen molar-refractivity contribution in [1.82, 2.24) is 10.6 Å². The van der Waals surface area contributed by atoms with Crippen LogP contribution in [0.3, 0.4) is 0 Å². The van der Waals surface area contributed by atoms with Crippen LogP contribution in [0.5, 0.6) is 0 Å². The molecule has 0 saturated heterocycles. The fourth-order valence-corrected chi connectivity index (χ4v) is 1.59. The van der Waals surface area contributed by atoms with E-state index in [0.717, 1.165) is 6.42 Å². The molecule has 0 aliphatic heterocycles. The molecule has 0 fully saturated rings. The van der Waals surface area contributed by atoms with E-state index >= 15 is 0 Å². The molecule has 0 aromatic carbocycles. The Morgan fingerprint density at radius 2 is 1.72 bits per heavy atom. The predicted octanol–water partition coefficient (Wildman–Crippen LogP) is 0.0488. The normalized spacial score (nSPS) is 13.8. The summed E-state index contributed by atoms with van der Waals surface area (Å²) in [6, 6.07) is -1.99. The van der Waals surface area contributed by atoms with Gasteiger partial charge in [-0.3, -0.25) is 4.79 Å². The first-order chi connectivity index (χ1) is 8.22. The number of nitrogens with two attached hydrogens (primary N) is 1. The molecule has 0 aliphatic rings. The highest BCUT2D eigenvalue weighted by Crippen LogP contribution is 2.03. The third kappa shape index (κ3) is 7.48. The summed E-state index contributed by atoms with van der Waals surface area (Å²) in [5.41, 5.74) is 4.90. The second kappa shape index (κ2) is 7.52. The van der Waals surface area contributed by atoms with Gasteiger partial charge in [-0.2, -0.15) is 0 Å². The monoisotopic (exact) mass is 259 g/mol. The van der Waals surface area contributed by atoms with Crippen LogP contribution in [0.25, 0.3) is 0 Å². The molecule has 0 aromatic rings. The van der Waals surface area contributed by atoms with E-state index in [9.17, 15) is 14.4 Å². The van der Waals surface area contributed by atoms with Gasteiger partial charge < -0.3 is 21.5 Å². The molecule has 0 radical (unpaired) electrons. The van der Waals surface area contributed by atoms with Crippen LogP contribution in [-0.2, 0) is 9.59 Å². The number of nitrogens with one attached hydrogen (secondary N) is 2. The van der Waals surface area contributed by atoms with E-state index < -0.39 is 30.4 Å². The summed E-state index contributed by atoms with van der Waals surface area (Å²) in [4.78, 5) is 32.9. The summed E-state index contributed by atoms with van der Waals surface area (Å²) in [5.74, 6) is -1.65. The van der Waals surface area contributed by atoms with Gasteiger partial charge in [-0.05, 0) is 19.3 Å². The summed E-state index contributed by atoms with van der Waals surface area (Å²) >= 11 is 0. The van der Waals surface area contributed by atoms with Crippen LogP contribution >= 0.6 is 0 Å². The number of primary amides is 1. The zero-order chi connectivity index (χ0) is 14.3. The molecule has 5 N–H and O–H groups in total. The van der Waals surface area contributed by atoms with Gasteiger partial charge in [0.15, 0.2) is 0 Å². The number of carbonyl (C=O) groups excluding carboxylic acids is 2. The van der Waals surface area contributed by atoms with Crippen molar-refractivity contribution in [3.05, 3.63) is 0 Å². The van der Waals surface area contributed by atoms with Gasteiger partial charge in [0, 0.05) is 6.04 Å². The van der Waals surface area contributed by atoms with Crippen LogP contribution in [0.2, 0.25) is 0 Å². The van der Waals surface area contributed by atoms with E-state index in [1.165, 1.54) is 0 Å². The Morgan fingerprint density at radius 3 is 2.11 bits per heavy atom. The van der Waals surface area contributed by atoms with Crippen molar-refractivity contribution < 1.29 is 19.5 Å². The maximum Gasteiger partial charge on any atom is 0.326 e. The molecule has 0 bridgehead atoms. The fourth-order valence-electron chi connectivity index (χ4n) is 1.59. The van der Waals surface area contributed by atoms with Crippen LogP contribution in [-0.4, -0.2) is 35.1 Å². The molecular weight excluding hydrogens is 238 g/mol. The fraction of sp³-hybridized carbons (Fsp3) is 0.727. The van der Waals surface area contributed by atoms with Gasteiger partial charge in [-0.25, -0.2) is 9.59 Å². The average Bonchev–Trinajstić information content (AvgIpc) is 2.13. The first-order valence-electron chi connectivity index (χ1n) is 5.80. The zero-order valence-corrected chi connectivity index (χ0v) is 10.9. The van der Waals surface area contributed by atoms with E-state index in [0.29, 0.717) is 5.92 Å². The summed E-state index contributed by atoms with van der Waals surface area (Å²) in [6.45, 7) is 5.86. The Morgan fingerprint density at radius 1 is 1.17 bits per heavy atom. The third-order valence-corrected chi connectivity index (χ3v) is 2.21. The molecule has 0 rings (SSSR count). The van der Waals surface area contributed by atoms with Gasteiger partial charge in [-0.1, -0.05) is 13.8 Å². The van der Waals surface area contributed by atoms with E-state index in [2.05, 4.69) is 10.6 Å². The maximum atomic E-state index is 11.5. The van der Waals surface area contributed by atoms with Crippen LogP contribution in [0.15, 0.2) is 0 Å². The summed E-state index contributed by atoms with van der Waals surface area (Å²) in [5, 5.41) is 13.6. The molecule has 104 valence electrons. The van der Waals surface area contributed by atoms with Crippen molar-refractivity contribution in [2.75, 3.05) is 0 Å². The zero-order valence-electron chi connectivity index (χ0n) is 10.9. The summed E-state index contributed by atoms with van der Waals surface area (Å²) in [7, 11) is 0. The van der Waals surface area contributed by atoms with Crippen LogP contribution in [0, 0.1) is 5.92 Å². The van der Waals surface area contributed by atoms with Gasteiger partial charge in [0.25, 0.3) is 0 Å². The lowest BCUT2D eigenvalue weighted by molar-refractivity contribution is -0.140. The largest absolute Gasteiger partial charge is 0.480 e. The number of carboxylic acids is 1. The third-order valence-electron chi connectivity index (χ3n) is 2.21. The van der Waals surface area contributed by atoms with Gasteiger partial charge in [0.05, 0.1) is 6.42 Å². The molecule has 0 aromatic heterocycles. The number of urea groups is 1. The van der Waals surface area contributed by atoms with Crippen molar-refractivity contribution in [3.8, 4) is 0 Å². The molecule has 3 amide bonds. The van der Waals surface area contributed by atoms with Crippen molar-refractivity contribution in [2.45, 2.75) is 45.7 Å². The minimum Gasteiger partial charge on any atom is -0.480 e. The molecule has 0 heterocycles. The first kappa shape index (κ1) is 16.2. The Labute approximate surface area is 106 Å². The SMILES string of the molecule is CC(C)CC(C)NC(=O)N[C@@H](CC(N)=O)C(=O)O.